The molecule has 1 saturated heterocycles. The molecule has 1 aliphatic carbocycles. The van der Waals surface area contributed by atoms with Crippen molar-refractivity contribution in [3.8, 4) is 0 Å². The van der Waals surface area contributed by atoms with Crippen LogP contribution in [0, 0.1) is 5.41 Å². The summed E-state index contributed by atoms with van der Waals surface area (Å²) in [5.74, 6) is 0.681. The molecule has 0 radical (unpaired) electrons. The van der Waals surface area contributed by atoms with Crippen molar-refractivity contribution in [3.05, 3.63) is 36.1 Å². The van der Waals surface area contributed by atoms with Crippen molar-refractivity contribution >= 4 is 5.71 Å². The van der Waals surface area contributed by atoms with Crippen LogP contribution < -0.4 is 0 Å². The van der Waals surface area contributed by atoms with Gasteiger partial charge in [-0.1, -0.05) is 6.58 Å². The Morgan fingerprint density at radius 3 is 2.94 bits per heavy atom. The maximum atomic E-state index is 7.61. The number of hydrogen-bond acceptors (Lipinski definition) is 4. The second-order valence-corrected chi connectivity index (χ2v) is 4.33. The molecule has 0 bridgehead atoms. The zero-order chi connectivity index (χ0) is 12.8. The molecule has 0 amide bonds. The Balaban J connectivity index is 1.63. The Morgan fingerprint density at radius 1 is 1.33 bits per heavy atom. The molecule has 4 heteroatoms. The molecule has 0 aromatic heterocycles. The van der Waals surface area contributed by atoms with Gasteiger partial charge in [0.1, 0.15) is 12.4 Å². The molecule has 2 aliphatic rings. The fourth-order valence-electron chi connectivity index (χ4n) is 1.83. The molecule has 2 rings (SSSR count). The van der Waals surface area contributed by atoms with Gasteiger partial charge in [0.05, 0.1) is 12.3 Å². The van der Waals surface area contributed by atoms with Gasteiger partial charge in [-0.2, -0.15) is 0 Å². The van der Waals surface area contributed by atoms with Crippen molar-refractivity contribution in [3.63, 3.8) is 0 Å². The zero-order valence-corrected chi connectivity index (χ0v) is 10.5. The molecule has 1 N–H and O–H groups in total. The summed E-state index contributed by atoms with van der Waals surface area (Å²) >= 11 is 0. The molecule has 0 spiro atoms. The molecule has 98 valence electrons. The second-order valence-electron chi connectivity index (χ2n) is 4.33. The van der Waals surface area contributed by atoms with Gasteiger partial charge in [-0.15, -0.1) is 0 Å². The lowest BCUT2D eigenvalue weighted by atomic mass is 10.1. The van der Waals surface area contributed by atoms with Crippen LogP contribution in [0.15, 0.2) is 36.1 Å². The molecular weight excluding hydrogens is 230 g/mol. The number of nitrogens with one attached hydrogen (secondary N) is 1. The topological polar surface area (TPSA) is 51.5 Å². The summed E-state index contributed by atoms with van der Waals surface area (Å²) < 4.78 is 16.5. The SMILES string of the molecule is C=C1C=CC(OCCOC2CCCCO2)=CC1=N. The van der Waals surface area contributed by atoms with E-state index in [1.807, 2.05) is 6.08 Å². The maximum absolute atomic E-state index is 7.61. The first kappa shape index (κ1) is 13.1. The van der Waals surface area contributed by atoms with Gasteiger partial charge in [-0.25, -0.2) is 0 Å². The Kier molecular flexibility index (Phi) is 4.73. The predicted octanol–water partition coefficient (Wildman–Crippen LogP) is 2.58. The molecule has 0 saturated carbocycles. The van der Waals surface area contributed by atoms with Crippen LogP contribution in [0.1, 0.15) is 19.3 Å². The van der Waals surface area contributed by atoms with Gasteiger partial charge < -0.3 is 19.6 Å². The first-order valence-electron chi connectivity index (χ1n) is 6.29. The summed E-state index contributed by atoms with van der Waals surface area (Å²) in [6.45, 7) is 5.50. The van der Waals surface area contributed by atoms with E-state index in [-0.39, 0.29) is 6.29 Å². The van der Waals surface area contributed by atoms with Gasteiger partial charge in [0.2, 0.25) is 0 Å². The average molecular weight is 249 g/mol. The minimum absolute atomic E-state index is 0.0729. The first-order chi connectivity index (χ1) is 8.75. The maximum Gasteiger partial charge on any atom is 0.157 e. The standard InChI is InChI=1S/C14H19NO3/c1-11-5-6-12(10-13(11)15)16-8-9-18-14-4-2-3-7-17-14/h5-6,10,14-15H,1-4,7-9H2. The molecule has 4 nitrogen and oxygen atoms in total. The highest BCUT2D eigenvalue weighted by Crippen LogP contribution is 2.14. The third kappa shape index (κ3) is 3.82. The fourth-order valence-corrected chi connectivity index (χ4v) is 1.83. The van der Waals surface area contributed by atoms with Gasteiger partial charge in [0.25, 0.3) is 0 Å². The molecule has 0 aromatic rings. The van der Waals surface area contributed by atoms with E-state index in [1.165, 1.54) is 6.42 Å². The van der Waals surface area contributed by atoms with Gasteiger partial charge >= 0.3 is 0 Å². The summed E-state index contributed by atoms with van der Waals surface area (Å²) in [7, 11) is 0. The summed E-state index contributed by atoms with van der Waals surface area (Å²) in [6.07, 6.45) is 8.45. The van der Waals surface area contributed by atoms with Crippen LogP contribution in [0.4, 0.5) is 0 Å². The summed E-state index contributed by atoms with van der Waals surface area (Å²) in [5, 5.41) is 7.61. The molecule has 1 fully saturated rings. The highest BCUT2D eigenvalue weighted by atomic mass is 16.7. The van der Waals surface area contributed by atoms with Gasteiger partial charge in [0, 0.05) is 12.7 Å². The highest BCUT2D eigenvalue weighted by Gasteiger charge is 2.13. The lowest BCUT2D eigenvalue weighted by Gasteiger charge is -2.22. The van der Waals surface area contributed by atoms with Crippen LogP contribution in [0.2, 0.25) is 0 Å². The molecule has 1 unspecified atom stereocenters. The van der Waals surface area contributed by atoms with Crippen LogP contribution in [-0.4, -0.2) is 31.8 Å². The van der Waals surface area contributed by atoms with E-state index in [0.717, 1.165) is 19.4 Å². The molecular formula is C14H19NO3. The largest absolute Gasteiger partial charge is 0.491 e. The van der Waals surface area contributed by atoms with Gasteiger partial charge in [-0.3, -0.25) is 0 Å². The average Bonchev–Trinajstić information content (AvgIpc) is 2.40. The number of allylic oxidation sites excluding steroid dienone is 4. The monoisotopic (exact) mass is 249 g/mol. The van der Waals surface area contributed by atoms with Crippen molar-refractivity contribution in [1.82, 2.24) is 0 Å². The number of ether oxygens (including phenoxy) is 3. The summed E-state index contributed by atoms with van der Waals surface area (Å²) in [5.41, 5.74) is 1.10. The first-order valence-corrected chi connectivity index (χ1v) is 6.29. The van der Waals surface area contributed by atoms with E-state index in [4.69, 9.17) is 19.6 Å². The number of rotatable bonds is 5. The van der Waals surface area contributed by atoms with Crippen molar-refractivity contribution in [1.29, 1.82) is 5.41 Å². The van der Waals surface area contributed by atoms with Gasteiger partial charge in [0.15, 0.2) is 6.29 Å². The Bertz CT molecular complexity index is 379. The van der Waals surface area contributed by atoms with Crippen LogP contribution >= 0.6 is 0 Å². The third-order valence-corrected chi connectivity index (χ3v) is 2.88. The van der Waals surface area contributed by atoms with E-state index < -0.39 is 0 Å². The lowest BCUT2D eigenvalue weighted by molar-refractivity contribution is -0.167. The van der Waals surface area contributed by atoms with E-state index >= 15 is 0 Å². The fraction of sp³-hybridized carbons (Fsp3) is 0.500. The van der Waals surface area contributed by atoms with Crippen molar-refractivity contribution in [2.45, 2.75) is 25.6 Å². The lowest BCUT2D eigenvalue weighted by Crippen LogP contribution is -2.23. The van der Waals surface area contributed by atoms with Crippen LogP contribution in [0.5, 0.6) is 0 Å². The zero-order valence-electron chi connectivity index (χ0n) is 10.5. The second kappa shape index (κ2) is 6.52. The van der Waals surface area contributed by atoms with Crippen LogP contribution in [0.3, 0.4) is 0 Å². The molecule has 0 aromatic carbocycles. The van der Waals surface area contributed by atoms with Gasteiger partial charge in [-0.05, 0) is 37.0 Å². The third-order valence-electron chi connectivity index (χ3n) is 2.88. The van der Waals surface area contributed by atoms with E-state index in [1.54, 1.807) is 12.2 Å². The van der Waals surface area contributed by atoms with Crippen molar-refractivity contribution < 1.29 is 14.2 Å². The summed E-state index contributed by atoms with van der Waals surface area (Å²) in [6, 6.07) is 0. The van der Waals surface area contributed by atoms with Crippen molar-refractivity contribution in [2.24, 2.45) is 0 Å². The van der Waals surface area contributed by atoms with Crippen molar-refractivity contribution in [2.75, 3.05) is 19.8 Å². The smallest absolute Gasteiger partial charge is 0.157 e. The molecule has 1 atom stereocenters. The quantitative estimate of drug-likeness (QED) is 0.762. The van der Waals surface area contributed by atoms with E-state index in [0.29, 0.717) is 30.3 Å². The molecule has 1 aliphatic heterocycles. The Morgan fingerprint density at radius 2 is 2.22 bits per heavy atom. The minimum atomic E-state index is -0.0729. The minimum Gasteiger partial charge on any atom is -0.491 e. The number of hydrogen-bond donors (Lipinski definition) is 1. The molecule has 18 heavy (non-hydrogen) atoms. The molecule has 1 heterocycles. The Labute approximate surface area is 107 Å². The summed E-state index contributed by atoms with van der Waals surface area (Å²) in [4.78, 5) is 0. The highest BCUT2D eigenvalue weighted by molar-refractivity contribution is 6.09. The predicted molar refractivity (Wildman–Crippen MR) is 69.6 cm³/mol. The van der Waals surface area contributed by atoms with E-state index in [2.05, 4.69) is 6.58 Å². The normalized spacial score (nSPS) is 24.0. The van der Waals surface area contributed by atoms with Crippen LogP contribution in [-0.2, 0) is 14.2 Å². The van der Waals surface area contributed by atoms with Crippen LogP contribution in [0.25, 0.3) is 0 Å². The Hall–Kier alpha value is -1.39. The van der Waals surface area contributed by atoms with E-state index in [9.17, 15) is 0 Å².